The second-order valence-electron chi connectivity index (χ2n) is 5.16. The molecular formula is C18H26O6. The average Bonchev–Trinajstić information content (AvgIpc) is 2.57. The van der Waals surface area contributed by atoms with Crippen LogP contribution >= 0.6 is 0 Å². The summed E-state index contributed by atoms with van der Waals surface area (Å²) in [6.45, 7) is 13.5. The summed E-state index contributed by atoms with van der Waals surface area (Å²) in [7, 11) is 0. The molecule has 0 fully saturated rings. The van der Waals surface area contributed by atoms with E-state index in [-0.39, 0.29) is 6.42 Å². The molecule has 0 aliphatic carbocycles. The van der Waals surface area contributed by atoms with Crippen molar-refractivity contribution in [1.82, 2.24) is 0 Å². The van der Waals surface area contributed by atoms with Crippen LogP contribution in [0, 0.1) is 0 Å². The van der Waals surface area contributed by atoms with Gasteiger partial charge in [0.2, 0.25) is 0 Å². The lowest BCUT2D eigenvalue weighted by atomic mass is 10.0. The SMILES string of the molecule is C=CC(=O)OC(C)C(CCCCCC)(OC(=O)C=C)OC(=O)C=C. The Hall–Kier alpha value is -2.37. The predicted molar refractivity (Wildman–Crippen MR) is 89.8 cm³/mol. The minimum atomic E-state index is -1.75. The smallest absolute Gasteiger partial charge is 0.333 e. The number of ether oxygens (including phenoxy) is 3. The standard InChI is InChI=1S/C18H26O6/c1-6-10-11-12-13-18(23-16(20)8-3,24-17(21)9-4)14(5)22-15(19)7-2/h7-9,14H,2-4,6,10-13H2,1,5H3. The molecule has 1 atom stereocenters. The van der Waals surface area contributed by atoms with Gasteiger partial charge in [0.05, 0.1) is 0 Å². The van der Waals surface area contributed by atoms with Gasteiger partial charge in [-0.25, -0.2) is 14.4 Å². The Bertz CT molecular complexity index is 458. The molecule has 0 aromatic heterocycles. The fraction of sp³-hybridized carbons (Fsp3) is 0.500. The number of hydrogen-bond acceptors (Lipinski definition) is 6. The van der Waals surface area contributed by atoms with E-state index in [1.54, 1.807) is 0 Å². The van der Waals surface area contributed by atoms with Crippen molar-refractivity contribution in [3.05, 3.63) is 38.0 Å². The first-order valence-corrected chi connectivity index (χ1v) is 7.89. The largest absolute Gasteiger partial charge is 0.451 e. The van der Waals surface area contributed by atoms with Gasteiger partial charge in [0.1, 0.15) is 0 Å². The summed E-state index contributed by atoms with van der Waals surface area (Å²) in [5.41, 5.74) is 0. The van der Waals surface area contributed by atoms with Crippen LogP contribution in [0.25, 0.3) is 0 Å². The third-order valence-electron chi connectivity index (χ3n) is 3.34. The van der Waals surface area contributed by atoms with Gasteiger partial charge < -0.3 is 14.2 Å². The summed E-state index contributed by atoms with van der Waals surface area (Å²) in [4.78, 5) is 34.9. The van der Waals surface area contributed by atoms with E-state index in [9.17, 15) is 14.4 Å². The summed E-state index contributed by atoms with van der Waals surface area (Å²) in [5, 5.41) is 0. The highest BCUT2D eigenvalue weighted by Gasteiger charge is 2.45. The molecule has 0 heterocycles. The number of carbonyl (C=O) groups excluding carboxylic acids is 3. The monoisotopic (exact) mass is 338 g/mol. The van der Waals surface area contributed by atoms with Crippen LogP contribution in [0.4, 0.5) is 0 Å². The maximum Gasteiger partial charge on any atom is 0.333 e. The number of unbranched alkanes of at least 4 members (excludes halogenated alkanes) is 3. The predicted octanol–water partition coefficient (Wildman–Crippen LogP) is 3.23. The Labute approximate surface area is 143 Å². The quantitative estimate of drug-likeness (QED) is 0.235. The third-order valence-corrected chi connectivity index (χ3v) is 3.34. The Balaban J connectivity index is 5.51. The molecular weight excluding hydrogens is 312 g/mol. The maximum atomic E-state index is 11.7. The van der Waals surface area contributed by atoms with Gasteiger partial charge in [-0.1, -0.05) is 45.9 Å². The van der Waals surface area contributed by atoms with Crippen LogP contribution in [0.15, 0.2) is 38.0 Å². The van der Waals surface area contributed by atoms with E-state index in [0.29, 0.717) is 6.42 Å². The van der Waals surface area contributed by atoms with Crippen molar-refractivity contribution in [3.63, 3.8) is 0 Å². The van der Waals surface area contributed by atoms with E-state index in [0.717, 1.165) is 37.5 Å². The minimum absolute atomic E-state index is 0.178. The lowest BCUT2D eigenvalue weighted by molar-refractivity contribution is -0.260. The molecule has 0 aromatic carbocycles. The molecule has 0 aromatic rings. The molecule has 0 saturated heterocycles. The highest BCUT2D eigenvalue weighted by atomic mass is 16.8. The molecule has 0 rings (SSSR count). The van der Waals surface area contributed by atoms with Crippen LogP contribution in [0.5, 0.6) is 0 Å². The van der Waals surface area contributed by atoms with Crippen molar-refractivity contribution < 1.29 is 28.6 Å². The molecule has 0 spiro atoms. The molecule has 0 saturated carbocycles. The van der Waals surface area contributed by atoms with Crippen LogP contribution in [0.1, 0.15) is 46.0 Å². The fourth-order valence-corrected chi connectivity index (χ4v) is 2.03. The van der Waals surface area contributed by atoms with Gasteiger partial charge >= 0.3 is 17.9 Å². The van der Waals surface area contributed by atoms with Crippen molar-refractivity contribution in [2.24, 2.45) is 0 Å². The number of esters is 3. The van der Waals surface area contributed by atoms with E-state index >= 15 is 0 Å². The van der Waals surface area contributed by atoms with Gasteiger partial charge in [-0.05, 0) is 13.3 Å². The second kappa shape index (κ2) is 11.2. The molecule has 0 N–H and O–H groups in total. The minimum Gasteiger partial charge on any atom is -0.451 e. The number of rotatable bonds is 12. The van der Waals surface area contributed by atoms with Gasteiger partial charge in [-0.15, -0.1) is 0 Å². The molecule has 24 heavy (non-hydrogen) atoms. The fourth-order valence-electron chi connectivity index (χ4n) is 2.03. The lowest BCUT2D eigenvalue weighted by Gasteiger charge is -2.36. The first-order chi connectivity index (χ1) is 11.3. The molecule has 1 unspecified atom stereocenters. The highest BCUT2D eigenvalue weighted by molar-refractivity contribution is 5.84. The molecule has 0 aliphatic rings. The summed E-state index contributed by atoms with van der Waals surface area (Å²) >= 11 is 0. The van der Waals surface area contributed by atoms with Crippen molar-refractivity contribution in [2.75, 3.05) is 0 Å². The molecule has 6 nitrogen and oxygen atoms in total. The lowest BCUT2D eigenvalue weighted by Crippen LogP contribution is -2.50. The van der Waals surface area contributed by atoms with Gasteiger partial charge in [0.15, 0.2) is 6.10 Å². The zero-order chi connectivity index (χ0) is 18.6. The Kier molecular flexibility index (Phi) is 10.1. The molecule has 134 valence electrons. The van der Waals surface area contributed by atoms with Crippen molar-refractivity contribution >= 4 is 17.9 Å². The molecule has 0 bridgehead atoms. The Morgan fingerprint density at radius 2 is 1.42 bits per heavy atom. The topological polar surface area (TPSA) is 78.9 Å². The van der Waals surface area contributed by atoms with Crippen molar-refractivity contribution in [2.45, 2.75) is 57.8 Å². The van der Waals surface area contributed by atoms with Crippen LogP contribution in [0.2, 0.25) is 0 Å². The molecule has 0 radical (unpaired) electrons. The first-order valence-electron chi connectivity index (χ1n) is 7.89. The van der Waals surface area contributed by atoms with Gasteiger partial charge in [0.25, 0.3) is 5.79 Å². The van der Waals surface area contributed by atoms with Crippen molar-refractivity contribution in [3.8, 4) is 0 Å². The zero-order valence-electron chi connectivity index (χ0n) is 14.4. The van der Waals surface area contributed by atoms with Crippen LogP contribution < -0.4 is 0 Å². The maximum absolute atomic E-state index is 11.7. The van der Waals surface area contributed by atoms with Gasteiger partial charge in [-0.3, -0.25) is 0 Å². The molecule has 0 amide bonds. The van der Waals surface area contributed by atoms with E-state index in [2.05, 4.69) is 26.7 Å². The summed E-state index contributed by atoms with van der Waals surface area (Å²) in [6.07, 6.45) is 5.46. The summed E-state index contributed by atoms with van der Waals surface area (Å²) in [5.74, 6) is -4.04. The Morgan fingerprint density at radius 3 is 1.83 bits per heavy atom. The molecule has 6 heteroatoms. The first kappa shape index (κ1) is 21.6. The average molecular weight is 338 g/mol. The van der Waals surface area contributed by atoms with E-state index in [4.69, 9.17) is 14.2 Å². The summed E-state index contributed by atoms with van der Waals surface area (Å²) < 4.78 is 15.7. The van der Waals surface area contributed by atoms with E-state index < -0.39 is 29.8 Å². The van der Waals surface area contributed by atoms with Crippen LogP contribution in [-0.4, -0.2) is 29.8 Å². The number of carbonyl (C=O) groups is 3. The summed E-state index contributed by atoms with van der Waals surface area (Å²) in [6, 6.07) is 0. The second-order valence-corrected chi connectivity index (χ2v) is 5.16. The highest BCUT2D eigenvalue weighted by Crippen LogP contribution is 2.29. The Morgan fingerprint density at radius 1 is 0.917 bits per heavy atom. The van der Waals surface area contributed by atoms with Gasteiger partial charge in [-0.2, -0.15) is 0 Å². The van der Waals surface area contributed by atoms with Crippen molar-refractivity contribution in [1.29, 1.82) is 0 Å². The zero-order valence-corrected chi connectivity index (χ0v) is 14.4. The third kappa shape index (κ3) is 7.26. The van der Waals surface area contributed by atoms with E-state index in [1.807, 2.05) is 0 Å². The number of hydrogen-bond donors (Lipinski definition) is 0. The molecule has 0 aliphatic heterocycles. The van der Waals surface area contributed by atoms with Gasteiger partial charge in [0, 0.05) is 24.6 Å². The van der Waals surface area contributed by atoms with Crippen LogP contribution in [0.3, 0.4) is 0 Å². The normalized spacial score (nSPS) is 11.8. The van der Waals surface area contributed by atoms with Crippen LogP contribution in [-0.2, 0) is 28.6 Å². The van der Waals surface area contributed by atoms with E-state index in [1.165, 1.54) is 6.92 Å².